The summed E-state index contributed by atoms with van der Waals surface area (Å²) in [5, 5.41) is 2.60. The summed E-state index contributed by atoms with van der Waals surface area (Å²) in [6.45, 7) is 1.38. The summed E-state index contributed by atoms with van der Waals surface area (Å²) in [4.78, 5) is 35.7. The van der Waals surface area contributed by atoms with Crippen LogP contribution < -0.4 is 5.32 Å². The number of methoxy groups -OCH3 is 2. The van der Waals surface area contributed by atoms with Crippen LogP contribution in [0.2, 0.25) is 0 Å². The molecule has 0 aliphatic rings. The van der Waals surface area contributed by atoms with Gasteiger partial charge in [-0.05, 0) is 37.3 Å². The first-order valence-corrected chi connectivity index (χ1v) is 10.2. The van der Waals surface area contributed by atoms with Crippen LogP contribution in [0.1, 0.15) is 26.3 Å². The van der Waals surface area contributed by atoms with E-state index in [4.69, 9.17) is 0 Å². The number of nitrogens with zero attached hydrogens (tertiary/aromatic N) is 1. The third-order valence-corrected chi connectivity index (χ3v) is 6.04. The third kappa shape index (κ3) is 5.22. The van der Waals surface area contributed by atoms with Crippen LogP contribution in [-0.2, 0) is 24.3 Å². The molecule has 0 aliphatic heterocycles. The number of hydrogen-bond donors (Lipinski definition) is 1. The largest absolute Gasteiger partial charge is 0.465 e. The zero-order valence-electron chi connectivity index (χ0n) is 17.0. The van der Waals surface area contributed by atoms with Gasteiger partial charge in [-0.2, -0.15) is 4.31 Å². The number of amides is 1. The normalized spacial score (nSPS) is 11.1. The maximum Gasteiger partial charge on any atom is 0.339 e. The number of hydrogen-bond acceptors (Lipinski definition) is 7. The van der Waals surface area contributed by atoms with Crippen molar-refractivity contribution in [3.63, 3.8) is 0 Å². The van der Waals surface area contributed by atoms with Gasteiger partial charge in [-0.1, -0.05) is 17.7 Å². The first-order chi connectivity index (χ1) is 14.1. The van der Waals surface area contributed by atoms with Crippen molar-refractivity contribution >= 4 is 33.6 Å². The molecule has 0 unspecified atom stereocenters. The quantitative estimate of drug-likeness (QED) is 0.660. The van der Waals surface area contributed by atoms with Gasteiger partial charge < -0.3 is 14.8 Å². The molecule has 0 spiro atoms. The van der Waals surface area contributed by atoms with E-state index < -0.39 is 39.3 Å². The number of likely N-dealkylation sites (N-methyl/N-ethyl adjacent to an activating group) is 1. The molecule has 2 aromatic carbocycles. The van der Waals surface area contributed by atoms with Crippen LogP contribution >= 0.6 is 0 Å². The minimum atomic E-state index is -4.32. The average molecular weight is 434 g/mol. The molecule has 2 aromatic rings. The highest BCUT2D eigenvalue weighted by Gasteiger charge is 2.29. The summed E-state index contributed by atoms with van der Waals surface area (Å²) in [7, 11) is -0.881. The highest BCUT2D eigenvalue weighted by Crippen LogP contribution is 2.23. The predicted molar refractivity (Wildman–Crippen MR) is 109 cm³/mol. The lowest BCUT2D eigenvalue weighted by molar-refractivity contribution is -0.116. The number of aryl methyl sites for hydroxylation is 1. The van der Waals surface area contributed by atoms with Crippen molar-refractivity contribution in [2.45, 2.75) is 11.8 Å². The Hall–Kier alpha value is -3.24. The number of carbonyl (C=O) groups excluding carboxylic acids is 3. The maximum absolute atomic E-state index is 13.1. The van der Waals surface area contributed by atoms with E-state index in [1.165, 1.54) is 13.1 Å². The van der Waals surface area contributed by atoms with Gasteiger partial charge in [-0.15, -0.1) is 0 Å². The molecule has 0 bridgehead atoms. The van der Waals surface area contributed by atoms with Crippen molar-refractivity contribution in [3.05, 3.63) is 59.2 Å². The van der Waals surface area contributed by atoms with Crippen LogP contribution in [0, 0.1) is 6.92 Å². The molecule has 0 saturated heterocycles. The SMILES string of the molecule is COC(=O)c1ccc(C(=O)OC)c(S(=O)(=O)N(C)CC(=O)Nc2ccc(C)cc2)c1. The molecule has 1 N–H and O–H groups in total. The monoisotopic (exact) mass is 434 g/mol. The summed E-state index contributed by atoms with van der Waals surface area (Å²) in [5.41, 5.74) is 1.19. The summed E-state index contributed by atoms with van der Waals surface area (Å²) in [6, 6.07) is 10.4. The Kier molecular flexibility index (Phi) is 7.30. The van der Waals surface area contributed by atoms with E-state index in [1.54, 1.807) is 24.3 Å². The van der Waals surface area contributed by atoms with Gasteiger partial charge in [0.05, 0.1) is 36.8 Å². The van der Waals surface area contributed by atoms with Gasteiger partial charge in [0.15, 0.2) is 0 Å². The number of anilines is 1. The molecule has 10 heteroatoms. The lowest BCUT2D eigenvalue weighted by Crippen LogP contribution is -2.35. The molecule has 0 aromatic heterocycles. The Morgan fingerprint density at radius 2 is 1.57 bits per heavy atom. The van der Waals surface area contributed by atoms with Crippen molar-refractivity contribution in [2.75, 3.05) is 33.1 Å². The minimum Gasteiger partial charge on any atom is -0.465 e. The van der Waals surface area contributed by atoms with Gasteiger partial charge in [0.25, 0.3) is 0 Å². The summed E-state index contributed by atoms with van der Waals surface area (Å²) >= 11 is 0. The van der Waals surface area contributed by atoms with Gasteiger partial charge in [0, 0.05) is 12.7 Å². The van der Waals surface area contributed by atoms with Crippen molar-refractivity contribution in [2.24, 2.45) is 0 Å². The fraction of sp³-hybridized carbons (Fsp3) is 0.250. The summed E-state index contributed by atoms with van der Waals surface area (Å²) < 4.78 is 36.1. The van der Waals surface area contributed by atoms with Gasteiger partial charge >= 0.3 is 11.9 Å². The topological polar surface area (TPSA) is 119 Å². The third-order valence-electron chi connectivity index (χ3n) is 4.20. The fourth-order valence-electron chi connectivity index (χ4n) is 2.55. The Labute approximate surface area is 174 Å². The number of carbonyl (C=O) groups is 3. The van der Waals surface area contributed by atoms with E-state index in [9.17, 15) is 22.8 Å². The second kappa shape index (κ2) is 9.51. The second-order valence-electron chi connectivity index (χ2n) is 6.37. The number of nitrogens with one attached hydrogen (secondary N) is 1. The van der Waals surface area contributed by atoms with E-state index in [0.717, 1.165) is 36.2 Å². The Bertz CT molecular complexity index is 1060. The number of esters is 2. The molecule has 0 fully saturated rings. The number of sulfonamides is 1. The van der Waals surface area contributed by atoms with E-state index in [-0.39, 0.29) is 11.1 Å². The Morgan fingerprint density at radius 1 is 0.967 bits per heavy atom. The molecule has 0 radical (unpaired) electrons. The van der Waals surface area contributed by atoms with Gasteiger partial charge in [0.2, 0.25) is 15.9 Å². The predicted octanol–water partition coefficient (Wildman–Crippen LogP) is 1.83. The van der Waals surface area contributed by atoms with E-state index in [2.05, 4.69) is 14.8 Å². The van der Waals surface area contributed by atoms with Crippen molar-refractivity contribution in [3.8, 4) is 0 Å². The second-order valence-corrected chi connectivity index (χ2v) is 8.38. The van der Waals surface area contributed by atoms with Crippen LogP contribution in [0.3, 0.4) is 0 Å². The van der Waals surface area contributed by atoms with Crippen LogP contribution in [0.4, 0.5) is 5.69 Å². The van der Waals surface area contributed by atoms with E-state index >= 15 is 0 Å². The highest BCUT2D eigenvalue weighted by atomic mass is 32.2. The molecule has 2 rings (SSSR count). The highest BCUT2D eigenvalue weighted by molar-refractivity contribution is 7.89. The first kappa shape index (κ1) is 23.0. The van der Waals surface area contributed by atoms with Crippen LogP contribution in [0.5, 0.6) is 0 Å². The molecule has 30 heavy (non-hydrogen) atoms. The molecule has 160 valence electrons. The molecular formula is C20H22N2O7S. The average Bonchev–Trinajstić information content (AvgIpc) is 2.73. The fourth-order valence-corrected chi connectivity index (χ4v) is 3.88. The Morgan fingerprint density at radius 3 is 2.13 bits per heavy atom. The van der Waals surface area contributed by atoms with Crippen LogP contribution in [0.25, 0.3) is 0 Å². The van der Waals surface area contributed by atoms with Gasteiger partial charge in [-0.25, -0.2) is 18.0 Å². The Balaban J connectivity index is 2.33. The number of benzene rings is 2. The van der Waals surface area contributed by atoms with E-state index in [0.29, 0.717) is 5.69 Å². The zero-order valence-corrected chi connectivity index (χ0v) is 17.8. The zero-order chi connectivity index (χ0) is 22.5. The molecule has 0 saturated carbocycles. The lowest BCUT2D eigenvalue weighted by Gasteiger charge is -2.19. The number of ether oxygens (including phenoxy) is 2. The smallest absolute Gasteiger partial charge is 0.339 e. The van der Waals surface area contributed by atoms with Gasteiger partial charge in [-0.3, -0.25) is 4.79 Å². The first-order valence-electron chi connectivity index (χ1n) is 8.73. The molecule has 0 atom stereocenters. The standard InChI is InChI=1S/C20H22N2O7S/c1-13-5-8-15(9-6-13)21-18(23)12-22(2)30(26,27)17-11-14(19(24)28-3)7-10-16(17)20(25)29-4/h5-11H,12H2,1-4H3,(H,21,23). The molecule has 9 nitrogen and oxygen atoms in total. The lowest BCUT2D eigenvalue weighted by atomic mass is 10.1. The molecule has 1 amide bonds. The van der Waals surface area contributed by atoms with Crippen molar-refractivity contribution < 1.29 is 32.3 Å². The van der Waals surface area contributed by atoms with Crippen LogP contribution in [0.15, 0.2) is 47.4 Å². The van der Waals surface area contributed by atoms with E-state index in [1.807, 2.05) is 6.92 Å². The minimum absolute atomic E-state index is 0.0683. The van der Waals surface area contributed by atoms with Crippen molar-refractivity contribution in [1.82, 2.24) is 4.31 Å². The van der Waals surface area contributed by atoms with Crippen molar-refractivity contribution in [1.29, 1.82) is 0 Å². The van der Waals surface area contributed by atoms with Gasteiger partial charge in [0.1, 0.15) is 0 Å². The molecule has 0 heterocycles. The summed E-state index contributed by atoms with van der Waals surface area (Å²) in [5.74, 6) is -2.25. The molecule has 0 aliphatic carbocycles. The maximum atomic E-state index is 13.1. The molecular weight excluding hydrogens is 412 g/mol. The summed E-state index contributed by atoms with van der Waals surface area (Å²) in [6.07, 6.45) is 0. The number of rotatable bonds is 7. The van der Waals surface area contributed by atoms with Crippen LogP contribution in [-0.4, -0.2) is 58.4 Å².